The van der Waals surface area contributed by atoms with Crippen LogP contribution in [0.2, 0.25) is 0 Å². The molecule has 2 aromatic heterocycles. The number of methoxy groups -OCH3 is 1. The van der Waals surface area contributed by atoms with Crippen molar-refractivity contribution in [2.75, 3.05) is 43.2 Å². The fourth-order valence-corrected chi connectivity index (χ4v) is 4.17. The predicted octanol–water partition coefficient (Wildman–Crippen LogP) is 5.02. The molecule has 1 fully saturated rings. The minimum atomic E-state index is -1.52. The Kier molecular flexibility index (Phi) is 8.41. The first-order valence-corrected chi connectivity index (χ1v) is 12.6. The number of piperidine rings is 1. The first kappa shape index (κ1) is 27.3. The van der Waals surface area contributed by atoms with Gasteiger partial charge < -0.3 is 19.1 Å². The largest absolute Gasteiger partial charge is 0.497 e. The maximum Gasteiger partial charge on any atom is 0.332 e. The molecule has 0 saturated carbocycles. The molecule has 38 heavy (non-hydrogen) atoms. The average Bonchev–Trinajstić information content (AvgIpc) is 2.89. The van der Waals surface area contributed by atoms with E-state index in [1.54, 1.807) is 46.5 Å². The number of ether oxygens (including phenoxy) is 3. The van der Waals surface area contributed by atoms with E-state index in [2.05, 4.69) is 9.97 Å². The van der Waals surface area contributed by atoms with Gasteiger partial charge in [-0.3, -0.25) is 9.88 Å². The first-order valence-electron chi connectivity index (χ1n) is 12.6. The predicted molar refractivity (Wildman–Crippen MR) is 143 cm³/mol. The fourth-order valence-electron chi connectivity index (χ4n) is 4.17. The van der Waals surface area contributed by atoms with Gasteiger partial charge in [-0.1, -0.05) is 6.07 Å². The lowest BCUT2D eigenvalue weighted by Gasteiger charge is -2.37. The van der Waals surface area contributed by atoms with E-state index in [4.69, 9.17) is 19.2 Å². The quantitative estimate of drug-likeness (QED) is 0.359. The number of esters is 1. The van der Waals surface area contributed by atoms with Gasteiger partial charge in [-0.05, 0) is 57.2 Å². The van der Waals surface area contributed by atoms with Crippen molar-refractivity contribution in [3.63, 3.8) is 0 Å². The maximum absolute atomic E-state index is 15.4. The zero-order chi connectivity index (χ0) is 27.2. The molecular weight excluding hydrogens is 489 g/mol. The Morgan fingerprint density at radius 1 is 1.08 bits per heavy atom. The van der Waals surface area contributed by atoms with Crippen LogP contribution in [0.1, 0.15) is 33.6 Å². The number of benzene rings is 1. The summed E-state index contributed by atoms with van der Waals surface area (Å²) in [5, 5.41) is 0. The van der Waals surface area contributed by atoms with Crippen LogP contribution in [-0.2, 0) is 14.3 Å². The van der Waals surface area contributed by atoms with Gasteiger partial charge in [0.2, 0.25) is 0 Å². The van der Waals surface area contributed by atoms with Crippen LogP contribution in [-0.4, -0.2) is 65.6 Å². The van der Waals surface area contributed by atoms with Gasteiger partial charge in [-0.25, -0.2) is 19.2 Å². The second kappa shape index (κ2) is 11.7. The van der Waals surface area contributed by atoms with Crippen LogP contribution < -0.4 is 14.5 Å². The number of aromatic nitrogens is 3. The number of pyridine rings is 1. The lowest BCUT2D eigenvalue weighted by atomic mass is 9.94. The Bertz CT molecular complexity index is 1200. The number of carbonyl (C=O) groups excluding carboxylic acids is 1. The second-order valence-electron chi connectivity index (χ2n) is 10.2. The highest BCUT2D eigenvalue weighted by Gasteiger charge is 2.36. The summed E-state index contributed by atoms with van der Waals surface area (Å²) in [6, 6.07) is 13.3. The first-order chi connectivity index (χ1) is 18.2. The lowest BCUT2D eigenvalue weighted by Crippen LogP contribution is -2.45. The van der Waals surface area contributed by atoms with E-state index in [0.29, 0.717) is 30.5 Å². The molecule has 0 atom stereocenters. The van der Waals surface area contributed by atoms with E-state index in [0.717, 1.165) is 11.4 Å². The number of rotatable bonds is 9. The van der Waals surface area contributed by atoms with Crippen molar-refractivity contribution in [3.05, 3.63) is 61.1 Å². The Balaban J connectivity index is 1.44. The van der Waals surface area contributed by atoms with Crippen LogP contribution in [0, 0.1) is 0 Å². The lowest BCUT2D eigenvalue weighted by molar-refractivity contribution is -0.161. The normalized spacial score (nSPS) is 15.1. The van der Waals surface area contributed by atoms with E-state index < -0.39 is 17.2 Å². The molecule has 3 heterocycles. The zero-order valence-corrected chi connectivity index (χ0v) is 22.3. The molecule has 0 N–H and O–H groups in total. The van der Waals surface area contributed by atoms with Gasteiger partial charge in [0.25, 0.3) is 0 Å². The topological polar surface area (TPSA) is 89.9 Å². The van der Waals surface area contributed by atoms with E-state index >= 15 is 4.39 Å². The van der Waals surface area contributed by atoms with Crippen LogP contribution in [0.3, 0.4) is 0 Å². The summed E-state index contributed by atoms with van der Waals surface area (Å²) in [7, 11) is 1.62. The fraction of sp³-hybridized carbons (Fsp3) is 0.429. The summed E-state index contributed by atoms with van der Waals surface area (Å²) < 4.78 is 31.3. The summed E-state index contributed by atoms with van der Waals surface area (Å²) in [4.78, 5) is 29.6. The van der Waals surface area contributed by atoms with E-state index in [1.165, 1.54) is 0 Å². The van der Waals surface area contributed by atoms with Crippen LogP contribution >= 0.6 is 0 Å². The van der Waals surface area contributed by atoms with Gasteiger partial charge in [0.15, 0.2) is 5.82 Å². The minimum absolute atomic E-state index is 0.156. The third-order valence-electron chi connectivity index (χ3n) is 6.03. The van der Waals surface area contributed by atoms with E-state index in [-0.39, 0.29) is 26.1 Å². The van der Waals surface area contributed by atoms with Gasteiger partial charge in [0.1, 0.15) is 35.3 Å². The number of alkyl halides is 1. The molecule has 1 aliphatic heterocycles. The van der Waals surface area contributed by atoms with Gasteiger partial charge in [-0.15, -0.1) is 0 Å². The highest BCUT2D eigenvalue weighted by molar-refractivity contribution is 5.72. The summed E-state index contributed by atoms with van der Waals surface area (Å²) in [6.45, 7) is 5.80. The van der Waals surface area contributed by atoms with Gasteiger partial charge >= 0.3 is 5.97 Å². The van der Waals surface area contributed by atoms with Crippen molar-refractivity contribution in [2.24, 2.45) is 0 Å². The van der Waals surface area contributed by atoms with Crippen LogP contribution in [0.15, 0.2) is 61.1 Å². The Morgan fingerprint density at radius 3 is 2.45 bits per heavy atom. The van der Waals surface area contributed by atoms with Gasteiger partial charge in [0, 0.05) is 37.8 Å². The number of hydrogen-bond acceptors (Lipinski definition) is 9. The highest BCUT2D eigenvalue weighted by Crippen LogP contribution is 2.34. The van der Waals surface area contributed by atoms with Crippen LogP contribution in [0.5, 0.6) is 5.75 Å². The third-order valence-corrected chi connectivity index (χ3v) is 6.03. The Morgan fingerprint density at radius 2 is 1.82 bits per heavy atom. The minimum Gasteiger partial charge on any atom is -0.497 e. The summed E-state index contributed by atoms with van der Waals surface area (Å²) in [5.41, 5.74) is -1.28. The Hall–Kier alpha value is -3.79. The number of carbonyl (C=O) groups is 1. The molecule has 0 radical (unpaired) electrons. The standard InChI is InChI=1S/C28H34FN5O4/c1-27(2,3)38-26(35)19-37-20-28(29)12-15-33(16-13-28)24-17-30-18-25(32-24)34(23-7-5-6-14-31-23)21-8-10-22(36-4)11-9-21/h5-11,14,17-18H,12-13,15-16,19-20H2,1-4H3. The molecule has 1 aliphatic rings. The summed E-state index contributed by atoms with van der Waals surface area (Å²) in [5.74, 6) is 2.16. The van der Waals surface area contributed by atoms with Crippen molar-refractivity contribution in [1.29, 1.82) is 0 Å². The SMILES string of the molecule is COc1ccc(N(c2ccccn2)c2cncc(N3CCC(F)(COCC(=O)OC(C)(C)C)CC3)n2)cc1. The maximum atomic E-state index is 15.4. The van der Waals surface area contributed by atoms with Crippen molar-refractivity contribution in [2.45, 2.75) is 44.9 Å². The summed E-state index contributed by atoms with van der Waals surface area (Å²) >= 11 is 0. The molecule has 10 heteroatoms. The molecule has 4 rings (SSSR count). The van der Waals surface area contributed by atoms with Gasteiger partial charge in [-0.2, -0.15) is 0 Å². The molecule has 3 aromatic rings. The molecule has 1 aromatic carbocycles. The van der Waals surface area contributed by atoms with Crippen molar-refractivity contribution >= 4 is 29.1 Å². The number of hydrogen-bond donors (Lipinski definition) is 0. The van der Waals surface area contributed by atoms with Crippen molar-refractivity contribution < 1.29 is 23.4 Å². The molecule has 0 aliphatic carbocycles. The summed E-state index contributed by atoms with van der Waals surface area (Å²) in [6.07, 6.45) is 5.57. The monoisotopic (exact) mass is 523 g/mol. The molecule has 202 valence electrons. The molecule has 9 nitrogen and oxygen atoms in total. The van der Waals surface area contributed by atoms with Crippen molar-refractivity contribution in [1.82, 2.24) is 15.0 Å². The second-order valence-corrected chi connectivity index (χ2v) is 10.2. The highest BCUT2D eigenvalue weighted by atomic mass is 19.1. The smallest absolute Gasteiger partial charge is 0.332 e. The molecule has 0 bridgehead atoms. The van der Waals surface area contributed by atoms with Crippen molar-refractivity contribution in [3.8, 4) is 5.75 Å². The van der Waals surface area contributed by atoms with Gasteiger partial charge in [0.05, 0.1) is 26.1 Å². The average molecular weight is 524 g/mol. The molecular formula is C28H34FN5O4. The van der Waals surface area contributed by atoms with E-state index in [9.17, 15) is 4.79 Å². The molecule has 0 spiro atoms. The number of nitrogens with zero attached hydrogens (tertiary/aromatic N) is 5. The third kappa shape index (κ3) is 7.16. The molecule has 0 amide bonds. The number of anilines is 4. The molecule has 1 saturated heterocycles. The Labute approximate surface area is 222 Å². The van der Waals surface area contributed by atoms with Crippen LogP contribution in [0.25, 0.3) is 0 Å². The van der Waals surface area contributed by atoms with E-state index in [1.807, 2.05) is 52.3 Å². The zero-order valence-electron chi connectivity index (χ0n) is 22.3. The molecule has 0 unspecified atom stereocenters. The van der Waals surface area contributed by atoms with Crippen LogP contribution in [0.4, 0.5) is 27.5 Å². The number of halogens is 1.